The fraction of sp³-hybridized carbons (Fsp3) is 0.412. The molecule has 3 aliphatic rings. The number of rotatable bonds is 9. The van der Waals surface area contributed by atoms with Crippen molar-refractivity contribution in [1.82, 2.24) is 30.4 Å². The zero-order valence-electron chi connectivity index (χ0n) is 19.4. The number of carboxylic acids is 2. The third kappa shape index (κ3) is 5.27. The number of nitrogens with zero attached hydrogens (tertiary/aromatic N) is 5. The van der Waals surface area contributed by atoms with Crippen molar-refractivity contribution in [3.63, 3.8) is 0 Å². The van der Waals surface area contributed by atoms with Gasteiger partial charge < -0.3 is 26.0 Å². The molecule has 5 N–H and O–H groups in total. The molecule has 2 atom stereocenters. The van der Waals surface area contributed by atoms with Crippen LogP contribution in [-0.4, -0.2) is 99.3 Å². The van der Waals surface area contributed by atoms with Gasteiger partial charge in [0.15, 0.2) is 0 Å². The number of carboxylic acid groups (broad SMARTS) is 2. The molecule has 1 aromatic rings. The van der Waals surface area contributed by atoms with E-state index in [1.54, 1.807) is 7.05 Å². The maximum Gasteiger partial charge on any atom is 1.00 e. The molecule has 2 fully saturated rings. The van der Waals surface area contributed by atoms with E-state index in [2.05, 4.69) is 20.8 Å². The van der Waals surface area contributed by atoms with Gasteiger partial charge >= 0.3 is 41.5 Å². The molecule has 0 aliphatic carbocycles. The number of β-lactam (4-membered cyclic amide) rings is 1. The predicted molar refractivity (Wildman–Crippen MR) is 128 cm³/mol. The second kappa shape index (κ2) is 11.6. The van der Waals surface area contributed by atoms with Gasteiger partial charge in [0.25, 0.3) is 17.5 Å². The Morgan fingerprint density at radius 2 is 1.97 bits per heavy atom. The van der Waals surface area contributed by atoms with Crippen LogP contribution >= 0.6 is 47.0 Å². The third-order valence-electron chi connectivity index (χ3n) is 5.21. The number of primary amides is 1. The van der Waals surface area contributed by atoms with Crippen molar-refractivity contribution >= 4 is 76.7 Å². The normalized spacial score (nSPS) is 24.3. The first-order valence-corrected chi connectivity index (χ1v) is 13.5. The molecule has 4 heterocycles. The van der Waals surface area contributed by atoms with Crippen LogP contribution in [0.15, 0.2) is 26.2 Å². The van der Waals surface area contributed by atoms with Gasteiger partial charge in [0, 0.05) is 25.7 Å². The van der Waals surface area contributed by atoms with Crippen molar-refractivity contribution in [2.24, 2.45) is 12.8 Å². The predicted octanol–water partition coefficient (Wildman–Crippen LogP) is -4.39. The average molecular weight is 599 g/mol. The molecule has 0 bridgehead atoms. The number of carbonyl (C=O) groups is 5. The summed E-state index contributed by atoms with van der Waals surface area (Å²) in [5.74, 6) is -4.89. The number of amides is 3. The summed E-state index contributed by atoms with van der Waals surface area (Å²) in [6.45, 7) is 0. The van der Waals surface area contributed by atoms with E-state index in [0.717, 1.165) is 28.4 Å². The monoisotopic (exact) mass is 598 g/mol. The molecule has 0 radical (unpaired) electrons. The van der Waals surface area contributed by atoms with Crippen LogP contribution in [0.1, 0.15) is 0 Å². The minimum Gasteiger partial charge on any atom is -0.477 e. The van der Waals surface area contributed by atoms with E-state index in [1.807, 2.05) is 0 Å². The molecule has 0 spiro atoms. The first-order valence-electron chi connectivity index (χ1n) is 9.75. The summed E-state index contributed by atoms with van der Waals surface area (Å²) < 4.78 is 6.05. The number of thioether (sulfide) groups is 4. The Bertz CT molecular complexity index is 1230. The Balaban J connectivity index is 0.00000380. The zero-order chi connectivity index (χ0) is 26.4. The molecular formula is C17H17N7NaO8S4+. The molecule has 4 rings (SSSR count). The Kier molecular flexibility index (Phi) is 9.31. The summed E-state index contributed by atoms with van der Waals surface area (Å²) in [7, 11) is 2.86. The Morgan fingerprint density at radius 1 is 1.30 bits per heavy atom. The van der Waals surface area contributed by atoms with Gasteiger partial charge in [-0.15, -0.1) is 16.9 Å². The van der Waals surface area contributed by atoms with Crippen molar-refractivity contribution in [3.8, 4) is 0 Å². The topological polar surface area (TPSA) is 220 Å². The maximum atomic E-state index is 13.2. The number of hydrogen-bond donors (Lipinski definition) is 4. The van der Waals surface area contributed by atoms with E-state index < -0.39 is 50.9 Å². The third-order valence-corrected chi connectivity index (χ3v) is 10.5. The molecule has 2 saturated heterocycles. The van der Waals surface area contributed by atoms with Crippen molar-refractivity contribution in [3.05, 3.63) is 21.1 Å². The number of methoxy groups -OCH3 is 1. The molecule has 0 unspecified atom stereocenters. The number of carbonyl (C=O) groups excluding carboxylic acids is 3. The van der Waals surface area contributed by atoms with Crippen molar-refractivity contribution in [2.45, 2.75) is 20.8 Å². The fourth-order valence-electron chi connectivity index (χ4n) is 3.51. The zero-order valence-corrected chi connectivity index (χ0v) is 24.6. The van der Waals surface area contributed by atoms with Crippen LogP contribution < -0.4 is 40.6 Å². The van der Waals surface area contributed by atoms with Crippen LogP contribution in [0.5, 0.6) is 0 Å². The Morgan fingerprint density at radius 3 is 2.49 bits per heavy atom. The van der Waals surface area contributed by atoms with E-state index in [-0.39, 0.29) is 51.0 Å². The maximum absolute atomic E-state index is 13.2. The van der Waals surface area contributed by atoms with Crippen LogP contribution in [0.3, 0.4) is 0 Å². The fourth-order valence-corrected chi connectivity index (χ4v) is 8.16. The molecule has 0 saturated carbocycles. The van der Waals surface area contributed by atoms with Gasteiger partial charge in [-0.05, 0) is 16.0 Å². The van der Waals surface area contributed by atoms with E-state index in [0.29, 0.717) is 10.7 Å². The smallest absolute Gasteiger partial charge is 0.477 e. The number of aromatic nitrogens is 4. The number of aryl methyl sites for hydroxylation is 1. The number of nitrogens with two attached hydrogens (primary N) is 1. The Hall–Kier alpha value is -1.74. The molecule has 3 amide bonds. The summed E-state index contributed by atoms with van der Waals surface area (Å²) in [4.78, 5) is 61.7. The molecule has 20 heteroatoms. The minimum absolute atomic E-state index is 0. The summed E-state index contributed by atoms with van der Waals surface area (Å²) in [5, 5.41) is 32.2. The second-order valence-corrected chi connectivity index (χ2v) is 12.1. The van der Waals surface area contributed by atoms with Crippen LogP contribution in [0.2, 0.25) is 0 Å². The van der Waals surface area contributed by atoms with Crippen LogP contribution in [0.25, 0.3) is 0 Å². The van der Waals surface area contributed by atoms with Crippen molar-refractivity contribution in [1.29, 1.82) is 0 Å². The quantitative estimate of drug-likeness (QED) is 0.0401. The summed E-state index contributed by atoms with van der Waals surface area (Å²) in [5.41, 5.74) is 2.93. The van der Waals surface area contributed by atoms with E-state index >= 15 is 0 Å². The molecule has 192 valence electrons. The van der Waals surface area contributed by atoms with Gasteiger partial charge in [0.1, 0.15) is 21.2 Å². The van der Waals surface area contributed by atoms with Crippen molar-refractivity contribution < 1.29 is 68.5 Å². The van der Waals surface area contributed by atoms with Gasteiger partial charge in [-0.2, -0.15) is 0 Å². The van der Waals surface area contributed by atoms with Crippen molar-refractivity contribution in [2.75, 3.05) is 18.6 Å². The molecule has 15 nitrogen and oxygen atoms in total. The van der Waals surface area contributed by atoms with Gasteiger partial charge in [-0.1, -0.05) is 35.3 Å². The number of aliphatic carboxylic acids is 2. The molecule has 0 aromatic carbocycles. The summed E-state index contributed by atoms with van der Waals surface area (Å²) in [6, 6.07) is 0. The van der Waals surface area contributed by atoms with E-state index in [9.17, 15) is 29.1 Å². The van der Waals surface area contributed by atoms with E-state index in [1.165, 1.54) is 35.3 Å². The van der Waals surface area contributed by atoms with E-state index in [4.69, 9.17) is 15.6 Å². The van der Waals surface area contributed by atoms with Gasteiger partial charge in [-0.3, -0.25) is 19.3 Å². The van der Waals surface area contributed by atoms with Gasteiger partial charge in [0.05, 0.1) is 4.24 Å². The number of ether oxygens (including phenoxy) is 1. The van der Waals surface area contributed by atoms with Gasteiger partial charge in [0.2, 0.25) is 11.1 Å². The number of hydrogen-bond acceptors (Lipinski definition) is 13. The molecule has 3 aliphatic heterocycles. The van der Waals surface area contributed by atoms with Crippen LogP contribution in [0.4, 0.5) is 0 Å². The molecule has 1 aromatic heterocycles. The summed E-state index contributed by atoms with van der Waals surface area (Å²) >= 11 is 4.06. The number of nitrogens with one attached hydrogen (secondary N) is 1. The molecule has 37 heavy (non-hydrogen) atoms. The number of fused-ring (bicyclic) bond motifs is 1. The number of tetrazole rings is 1. The van der Waals surface area contributed by atoms with Crippen LogP contribution in [0, 0.1) is 0 Å². The van der Waals surface area contributed by atoms with Crippen LogP contribution in [-0.2, 0) is 35.8 Å². The first kappa shape index (κ1) is 29.8. The summed E-state index contributed by atoms with van der Waals surface area (Å²) in [6.07, 6.45) is 0. The molecular weight excluding hydrogens is 581 g/mol. The second-order valence-electron chi connectivity index (χ2n) is 7.30. The Labute approximate surface area is 247 Å². The first-order chi connectivity index (χ1) is 17.0. The standard InChI is InChI=1S/C17H17N7O8S4.Na/c1-23-16(20-21-22-23)34-4-5-3-33-15-17(32-2,14(31)24(15)7(5)11(29)30)19-9(26)13-35-12(36-13)6(8(18)25)10(27)28;/h13,15H,3-4H2,1-2H3,(H2,18,25)(H,19,26)(H,27,28)(H,29,30);/q;+1/t13?,15-,17+;/m1./s1. The average Bonchev–Trinajstić information content (AvgIpc) is 3.20. The minimum atomic E-state index is -1.81. The largest absolute Gasteiger partial charge is 1.00 e. The van der Waals surface area contributed by atoms with Gasteiger partial charge in [-0.25, -0.2) is 14.3 Å². The SMILES string of the molecule is CO[C@@]1(NC(=O)C2SC(=C(C(N)=O)C(=O)O)S2)C(=O)N2C(C(=O)O)=C(CSc3nnnn3C)CS[C@@H]21.[Na+].